The minimum Gasteiger partial charge on any atom is -0.480 e. The second-order valence-electron chi connectivity index (χ2n) is 8.71. The third-order valence-electron chi connectivity index (χ3n) is 5.88. The summed E-state index contributed by atoms with van der Waals surface area (Å²) in [5.74, 6) is -1.77. The van der Waals surface area contributed by atoms with Gasteiger partial charge in [-0.1, -0.05) is 48.5 Å². The highest BCUT2D eigenvalue weighted by Crippen LogP contribution is 2.44. The molecule has 4 rings (SSSR count). The Morgan fingerprint density at radius 2 is 1.65 bits per heavy atom. The zero-order chi connectivity index (χ0) is 24.5. The topological polar surface area (TPSA) is 123 Å². The number of hydrogen-bond donors (Lipinski definition) is 3. The normalized spacial score (nSPS) is 12.6. The van der Waals surface area contributed by atoms with Crippen LogP contribution in [0, 0.1) is 0 Å². The molecule has 2 amide bonds. The van der Waals surface area contributed by atoms with E-state index < -0.39 is 23.5 Å². The van der Waals surface area contributed by atoms with E-state index in [4.69, 9.17) is 4.74 Å². The number of ether oxygens (including phenoxy) is 1. The first-order valence-corrected chi connectivity index (χ1v) is 10.8. The molecule has 0 unspecified atom stereocenters. The van der Waals surface area contributed by atoms with Crippen molar-refractivity contribution in [2.45, 2.75) is 31.8 Å². The predicted octanol–water partition coefficient (Wildman–Crippen LogP) is 3.05. The Kier molecular flexibility index (Phi) is 6.10. The molecule has 0 atom stereocenters. The van der Waals surface area contributed by atoms with Gasteiger partial charge < -0.3 is 20.5 Å². The lowest BCUT2D eigenvalue weighted by Gasteiger charge is -2.20. The van der Waals surface area contributed by atoms with Gasteiger partial charge in [0.1, 0.15) is 17.8 Å². The molecule has 0 aliphatic heterocycles. The van der Waals surface area contributed by atoms with Crippen molar-refractivity contribution in [1.29, 1.82) is 0 Å². The molecule has 0 saturated heterocycles. The molecule has 34 heavy (non-hydrogen) atoms. The van der Waals surface area contributed by atoms with Gasteiger partial charge in [-0.2, -0.15) is 5.10 Å². The lowest BCUT2D eigenvalue weighted by atomic mass is 9.98. The highest BCUT2D eigenvalue weighted by atomic mass is 16.5. The number of hydrogen-bond acceptors (Lipinski definition) is 5. The summed E-state index contributed by atoms with van der Waals surface area (Å²) >= 11 is 0. The number of amides is 2. The van der Waals surface area contributed by atoms with Gasteiger partial charge in [0.25, 0.3) is 5.91 Å². The van der Waals surface area contributed by atoms with Crippen LogP contribution in [0.4, 0.5) is 4.79 Å². The number of carbonyl (C=O) groups is 3. The van der Waals surface area contributed by atoms with Crippen molar-refractivity contribution in [3.05, 3.63) is 77.1 Å². The largest absolute Gasteiger partial charge is 0.480 e. The fourth-order valence-corrected chi connectivity index (χ4v) is 4.04. The molecular formula is C25H26N4O5. The van der Waals surface area contributed by atoms with E-state index in [1.165, 1.54) is 24.6 Å². The minimum atomic E-state index is -1.43. The van der Waals surface area contributed by atoms with E-state index in [0.717, 1.165) is 22.3 Å². The smallest absolute Gasteiger partial charge is 0.407 e. The van der Waals surface area contributed by atoms with Gasteiger partial charge in [0.05, 0.1) is 12.2 Å². The van der Waals surface area contributed by atoms with Crippen LogP contribution in [0.5, 0.6) is 0 Å². The summed E-state index contributed by atoms with van der Waals surface area (Å²) in [5.41, 5.74) is 3.74. The number of alkyl carbamates (subject to hydrolysis) is 1. The Morgan fingerprint density at radius 1 is 1.06 bits per heavy atom. The van der Waals surface area contributed by atoms with E-state index in [1.54, 1.807) is 7.05 Å². The number of nitrogens with zero attached hydrogens (tertiary/aromatic N) is 2. The average molecular weight is 463 g/mol. The molecule has 1 heterocycles. The molecule has 0 bridgehead atoms. The van der Waals surface area contributed by atoms with Gasteiger partial charge >= 0.3 is 12.1 Å². The first-order chi connectivity index (χ1) is 16.2. The highest BCUT2D eigenvalue weighted by molar-refractivity contribution is 5.96. The van der Waals surface area contributed by atoms with Crippen molar-refractivity contribution in [3.8, 4) is 11.1 Å². The summed E-state index contributed by atoms with van der Waals surface area (Å²) in [6.07, 6.45) is -0.592. The number of aliphatic carboxylic acids is 1. The van der Waals surface area contributed by atoms with E-state index in [9.17, 15) is 19.5 Å². The van der Waals surface area contributed by atoms with Crippen LogP contribution in [0.2, 0.25) is 0 Å². The standard InChI is InChI=1S/C25H26N4O5/c1-25(2,23(31)32)27-22(30)21-12-15(28-29(21)3)13-26-24(33)34-14-20-18-10-6-4-8-16(18)17-9-5-7-11-19(17)20/h4-12,20H,13-14H2,1-3H3,(H,26,33)(H,27,30)(H,31,32). The molecule has 1 aromatic heterocycles. The second-order valence-corrected chi connectivity index (χ2v) is 8.71. The summed E-state index contributed by atoms with van der Waals surface area (Å²) in [6.45, 7) is 3.03. The van der Waals surface area contributed by atoms with Crippen molar-refractivity contribution in [2.24, 2.45) is 7.05 Å². The molecule has 1 aliphatic carbocycles. The first-order valence-electron chi connectivity index (χ1n) is 10.8. The number of aryl methyl sites for hydroxylation is 1. The molecular weight excluding hydrogens is 436 g/mol. The lowest BCUT2D eigenvalue weighted by Crippen LogP contribution is -2.50. The molecule has 1 aliphatic rings. The molecule has 0 radical (unpaired) electrons. The number of fused-ring (bicyclic) bond motifs is 3. The summed E-state index contributed by atoms with van der Waals surface area (Å²) < 4.78 is 6.84. The molecule has 3 N–H and O–H groups in total. The average Bonchev–Trinajstić information content (AvgIpc) is 3.33. The van der Waals surface area contributed by atoms with Gasteiger partial charge in [0.2, 0.25) is 0 Å². The fraction of sp³-hybridized carbons (Fsp3) is 0.280. The van der Waals surface area contributed by atoms with Gasteiger partial charge in [-0.3, -0.25) is 9.48 Å². The Balaban J connectivity index is 1.35. The van der Waals surface area contributed by atoms with E-state index in [1.807, 2.05) is 36.4 Å². The molecule has 2 aromatic carbocycles. The Bertz CT molecular complexity index is 1220. The molecule has 0 spiro atoms. The van der Waals surface area contributed by atoms with Crippen LogP contribution in [-0.2, 0) is 23.1 Å². The molecule has 9 nitrogen and oxygen atoms in total. The summed E-state index contributed by atoms with van der Waals surface area (Å²) in [7, 11) is 1.57. The van der Waals surface area contributed by atoms with Crippen LogP contribution in [0.3, 0.4) is 0 Å². The third kappa shape index (κ3) is 4.50. The fourth-order valence-electron chi connectivity index (χ4n) is 4.04. The maximum absolute atomic E-state index is 12.4. The number of benzene rings is 2. The van der Waals surface area contributed by atoms with Gasteiger partial charge in [0.15, 0.2) is 0 Å². The maximum atomic E-state index is 12.4. The van der Waals surface area contributed by atoms with Crippen LogP contribution in [-0.4, -0.2) is 45.0 Å². The highest BCUT2D eigenvalue weighted by Gasteiger charge is 2.31. The number of carboxylic acid groups (broad SMARTS) is 1. The third-order valence-corrected chi connectivity index (χ3v) is 5.88. The monoisotopic (exact) mass is 462 g/mol. The summed E-state index contributed by atoms with van der Waals surface area (Å²) in [5, 5.41) is 18.5. The molecule has 176 valence electrons. The Hall–Kier alpha value is -4.14. The quantitative estimate of drug-likeness (QED) is 0.496. The van der Waals surface area contributed by atoms with E-state index >= 15 is 0 Å². The maximum Gasteiger partial charge on any atom is 0.407 e. The zero-order valence-corrected chi connectivity index (χ0v) is 19.2. The molecule has 0 saturated carbocycles. The number of carboxylic acids is 1. The number of nitrogens with one attached hydrogen (secondary N) is 2. The van der Waals surface area contributed by atoms with E-state index in [0.29, 0.717) is 5.69 Å². The van der Waals surface area contributed by atoms with Gasteiger partial charge in [0, 0.05) is 13.0 Å². The zero-order valence-electron chi connectivity index (χ0n) is 19.2. The molecule has 9 heteroatoms. The van der Waals surface area contributed by atoms with Crippen LogP contribution in [0.15, 0.2) is 54.6 Å². The second kappa shape index (κ2) is 9.01. The van der Waals surface area contributed by atoms with Crippen LogP contribution in [0.1, 0.15) is 47.1 Å². The molecule has 3 aromatic rings. The van der Waals surface area contributed by atoms with Crippen LogP contribution < -0.4 is 10.6 Å². The lowest BCUT2D eigenvalue weighted by molar-refractivity contribution is -0.143. The van der Waals surface area contributed by atoms with Crippen molar-refractivity contribution < 1.29 is 24.2 Å². The first kappa shape index (κ1) is 23.0. The van der Waals surface area contributed by atoms with Crippen LogP contribution >= 0.6 is 0 Å². The van der Waals surface area contributed by atoms with Crippen LogP contribution in [0.25, 0.3) is 11.1 Å². The van der Waals surface area contributed by atoms with Crippen molar-refractivity contribution >= 4 is 18.0 Å². The van der Waals surface area contributed by atoms with Gasteiger partial charge in [-0.05, 0) is 42.2 Å². The number of aromatic nitrogens is 2. The minimum absolute atomic E-state index is 0.0408. The Morgan fingerprint density at radius 3 is 2.24 bits per heavy atom. The predicted molar refractivity (Wildman–Crippen MR) is 124 cm³/mol. The van der Waals surface area contributed by atoms with Crippen molar-refractivity contribution in [3.63, 3.8) is 0 Å². The van der Waals surface area contributed by atoms with Crippen molar-refractivity contribution in [1.82, 2.24) is 20.4 Å². The number of rotatable bonds is 7. The van der Waals surface area contributed by atoms with E-state index in [-0.39, 0.29) is 24.8 Å². The summed E-state index contributed by atoms with van der Waals surface area (Å²) in [4.78, 5) is 36.1. The van der Waals surface area contributed by atoms with E-state index in [2.05, 4.69) is 27.9 Å². The van der Waals surface area contributed by atoms with Gasteiger partial charge in [-0.25, -0.2) is 9.59 Å². The summed E-state index contributed by atoms with van der Waals surface area (Å²) in [6, 6.07) is 17.7. The van der Waals surface area contributed by atoms with Crippen molar-refractivity contribution in [2.75, 3.05) is 6.61 Å². The number of carbonyl (C=O) groups excluding carboxylic acids is 2. The molecule has 0 fully saturated rings. The van der Waals surface area contributed by atoms with Gasteiger partial charge in [-0.15, -0.1) is 0 Å². The SMILES string of the molecule is Cn1nc(CNC(=O)OCC2c3ccccc3-c3ccccc32)cc1C(=O)NC(C)(C)C(=O)O. The Labute approximate surface area is 196 Å².